The van der Waals surface area contributed by atoms with E-state index in [-0.39, 0.29) is 11.8 Å². The van der Waals surface area contributed by atoms with E-state index in [9.17, 15) is 0 Å². The number of fused-ring (bicyclic) bond motifs is 5. The first kappa shape index (κ1) is 29.3. The second-order valence-corrected chi connectivity index (χ2v) is 13.3. The minimum Gasteiger partial charge on any atom is -0.388 e. The van der Waals surface area contributed by atoms with Gasteiger partial charge in [0.25, 0.3) is 0 Å². The van der Waals surface area contributed by atoms with Gasteiger partial charge in [0, 0.05) is 42.7 Å². The van der Waals surface area contributed by atoms with Gasteiger partial charge in [-0.05, 0) is 96.7 Å². The zero-order valence-corrected chi connectivity index (χ0v) is 27.8. The molecule has 0 spiro atoms. The van der Waals surface area contributed by atoms with Gasteiger partial charge in [-0.15, -0.1) is 0 Å². The van der Waals surface area contributed by atoms with Crippen molar-refractivity contribution in [3.8, 4) is 22.3 Å². The van der Waals surface area contributed by atoms with Crippen LogP contribution in [0.15, 0.2) is 164 Å². The molecule has 0 aromatic heterocycles. The standard InChI is InChI=1S/C47H38N2/c1-48-37-23-25-40-41-26-24-38(49-2)30-43(41)46(42(40)29-37)47(35-15-5-3-6-16-35,36-17-7-4-8-18-36)44-27-22-32-14-11-19-39(45(32)44)34-21-20-31-12-9-10-13-33(31)28-34/h3-30,44,46,48-49H,1-2H3. The molecular weight excluding hydrogens is 593 g/mol. The van der Waals surface area contributed by atoms with Crippen molar-refractivity contribution in [3.63, 3.8) is 0 Å². The van der Waals surface area contributed by atoms with Crippen LogP contribution in [0.4, 0.5) is 11.4 Å². The van der Waals surface area contributed by atoms with E-state index >= 15 is 0 Å². The van der Waals surface area contributed by atoms with Crippen LogP contribution in [0.5, 0.6) is 0 Å². The smallest absolute Gasteiger partial charge is 0.0415 e. The number of hydrogen-bond acceptors (Lipinski definition) is 2. The van der Waals surface area contributed by atoms with Crippen LogP contribution >= 0.6 is 0 Å². The Morgan fingerprint density at radius 3 is 1.69 bits per heavy atom. The third-order valence-electron chi connectivity index (χ3n) is 11.0. The summed E-state index contributed by atoms with van der Waals surface area (Å²) >= 11 is 0. The molecule has 2 aliphatic rings. The lowest BCUT2D eigenvalue weighted by Gasteiger charge is -2.46. The molecule has 2 heteroatoms. The van der Waals surface area contributed by atoms with Gasteiger partial charge in [0.05, 0.1) is 0 Å². The van der Waals surface area contributed by atoms with Crippen molar-refractivity contribution >= 4 is 28.2 Å². The van der Waals surface area contributed by atoms with Crippen molar-refractivity contribution in [2.24, 2.45) is 0 Å². The van der Waals surface area contributed by atoms with Crippen LogP contribution in [0, 0.1) is 0 Å². The zero-order chi connectivity index (χ0) is 33.0. The topological polar surface area (TPSA) is 24.1 Å². The molecule has 1 unspecified atom stereocenters. The van der Waals surface area contributed by atoms with Crippen LogP contribution in [0.3, 0.4) is 0 Å². The fourth-order valence-electron chi connectivity index (χ4n) is 8.89. The maximum Gasteiger partial charge on any atom is 0.0415 e. The van der Waals surface area contributed by atoms with Crippen LogP contribution < -0.4 is 10.6 Å². The Morgan fingerprint density at radius 2 is 1.08 bits per heavy atom. The average molecular weight is 631 g/mol. The maximum atomic E-state index is 3.46. The van der Waals surface area contributed by atoms with Crippen molar-refractivity contribution in [2.45, 2.75) is 17.3 Å². The van der Waals surface area contributed by atoms with Crippen LogP contribution in [0.2, 0.25) is 0 Å². The summed E-state index contributed by atoms with van der Waals surface area (Å²) in [4.78, 5) is 0. The van der Waals surface area contributed by atoms with Gasteiger partial charge in [0.15, 0.2) is 0 Å². The van der Waals surface area contributed by atoms with Gasteiger partial charge in [-0.3, -0.25) is 0 Å². The van der Waals surface area contributed by atoms with Crippen molar-refractivity contribution in [1.29, 1.82) is 0 Å². The predicted molar refractivity (Wildman–Crippen MR) is 208 cm³/mol. The van der Waals surface area contributed by atoms with Gasteiger partial charge in [0.1, 0.15) is 0 Å². The number of allylic oxidation sites excluding steroid dienone is 1. The third kappa shape index (κ3) is 4.48. The van der Waals surface area contributed by atoms with E-state index in [2.05, 4.69) is 181 Å². The first-order valence-corrected chi connectivity index (χ1v) is 17.3. The van der Waals surface area contributed by atoms with Crippen molar-refractivity contribution in [2.75, 3.05) is 24.7 Å². The molecule has 7 aromatic carbocycles. The first-order chi connectivity index (χ1) is 24.2. The van der Waals surface area contributed by atoms with Gasteiger partial charge >= 0.3 is 0 Å². The van der Waals surface area contributed by atoms with E-state index in [1.54, 1.807) is 0 Å². The van der Waals surface area contributed by atoms with E-state index < -0.39 is 5.41 Å². The summed E-state index contributed by atoms with van der Waals surface area (Å²) in [6, 6.07) is 58.9. The van der Waals surface area contributed by atoms with Crippen LogP contribution in [0.25, 0.3) is 39.1 Å². The number of nitrogens with one attached hydrogen (secondary N) is 2. The minimum absolute atomic E-state index is 0.0224. The molecule has 0 bridgehead atoms. The van der Waals surface area contributed by atoms with Gasteiger partial charge in [-0.25, -0.2) is 0 Å². The van der Waals surface area contributed by atoms with Crippen molar-refractivity contribution in [1.82, 2.24) is 0 Å². The highest BCUT2D eigenvalue weighted by Gasteiger charge is 2.54. The molecule has 236 valence electrons. The minimum atomic E-state index is -0.490. The molecule has 49 heavy (non-hydrogen) atoms. The molecule has 0 saturated carbocycles. The molecule has 1 atom stereocenters. The Bertz CT molecular complexity index is 2280. The lowest BCUT2D eigenvalue weighted by atomic mass is 9.55. The Hall–Kier alpha value is -5.86. The molecule has 2 nitrogen and oxygen atoms in total. The third-order valence-corrected chi connectivity index (χ3v) is 11.0. The largest absolute Gasteiger partial charge is 0.388 e. The summed E-state index contributed by atoms with van der Waals surface area (Å²) in [5.74, 6) is 0.0596. The summed E-state index contributed by atoms with van der Waals surface area (Å²) in [5.41, 5.74) is 14.9. The Morgan fingerprint density at radius 1 is 0.490 bits per heavy atom. The fraction of sp³-hybridized carbons (Fsp3) is 0.106. The Kier molecular flexibility index (Phi) is 6.98. The number of anilines is 2. The van der Waals surface area contributed by atoms with Crippen LogP contribution in [-0.2, 0) is 5.41 Å². The van der Waals surface area contributed by atoms with Gasteiger partial charge in [0.2, 0.25) is 0 Å². The quantitative estimate of drug-likeness (QED) is 0.183. The summed E-state index contributed by atoms with van der Waals surface area (Å²) < 4.78 is 0. The summed E-state index contributed by atoms with van der Waals surface area (Å²) in [6.45, 7) is 0. The van der Waals surface area contributed by atoms with E-state index in [4.69, 9.17) is 0 Å². The van der Waals surface area contributed by atoms with Crippen LogP contribution in [0.1, 0.15) is 45.2 Å². The highest BCUT2D eigenvalue weighted by molar-refractivity contribution is 5.90. The molecule has 9 rings (SSSR count). The van der Waals surface area contributed by atoms with E-state index in [0.29, 0.717) is 0 Å². The normalized spacial score (nSPS) is 14.8. The lowest BCUT2D eigenvalue weighted by Crippen LogP contribution is -2.40. The lowest BCUT2D eigenvalue weighted by molar-refractivity contribution is 0.417. The second-order valence-electron chi connectivity index (χ2n) is 13.3. The first-order valence-electron chi connectivity index (χ1n) is 17.3. The van der Waals surface area contributed by atoms with Crippen molar-refractivity contribution < 1.29 is 0 Å². The zero-order valence-electron chi connectivity index (χ0n) is 27.8. The molecule has 0 saturated heterocycles. The van der Waals surface area contributed by atoms with Gasteiger partial charge in [-0.2, -0.15) is 0 Å². The molecular formula is C47H38N2. The molecule has 7 aromatic rings. The number of rotatable bonds is 7. The molecule has 0 aliphatic heterocycles. The molecule has 2 aliphatic carbocycles. The van der Waals surface area contributed by atoms with Crippen LogP contribution in [-0.4, -0.2) is 14.1 Å². The molecule has 0 fully saturated rings. The highest BCUT2D eigenvalue weighted by Crippen LogP contribution is 2.64. The molecule has 0 radical (unpaired) electrons. The monoisotopic (exact) mass is 630 g/mol. The van der Waals surface area contributed by atoms with Gasteiger partial charge in [-0.1, -0.05) is 140 Å². The summed E-state index contributed by atoms with van der Waals surface area (Å²) in [5, 5.41) is 9.44. The maximum absolute atomic E-state index is 3.46. The summed E-state index contributed by atoms with van der Waals surface area (Å²) in [6.07, 6.45) is 4.87. The predicted octanol–water partition coefficient (Wildman–Crippen LogP) is 11.5. The molecule has 0 heterocycles. The molecule has 2 N–H and O–H groups in total. The second kappa shape index (κ2) is 11.7. The number of benzene rings is 7. The van der Waals surface area contributed by atoms with Crippen molar-refractivity contribution in [3.05, 3.63) is 197 Å². The van der Waals surface area contributed by atoms with Gasteiger partial charge < -0.3 is 10.6 Å². The van der Waals surface area contributed by atoms with E-state index in [0.717, 1.165) is 11.4 Å². The Balaban J connectivity index is 1.40. The van der Waals surface area contributed by atoms with E-state index in [1.807, 2.05) is 14.1 Å². The fourth-order valence-corrected chi connectivity index (χ4v) is 8.89. The summed E-state index contributed by atoms with van der Waals surface area (Å²) in [7, 11) is 4.04. The van der Waals surface area contributed by atoms with E-state index in [1.165, 1.54) is 66.4 Å². The SMILES string of the molecule is CNc1ccc2c(c1)C(C(c1ccccc1)(c1ccccc1)C1C=Cc3cccc(-c4ccc5ccccc5c4)c31)c1cc(NC)ccc1-2. The average Bonchev–Trinajstić information content (AvgIpc) is 3.75. The number of hydrogen-bond donors (Lipinski definition) is 2. The highest BCUT2D eigenvalue weighted by atomic mass is 14.8. The Labute approximate surface area is 288 Å². The molecule has 0 amide bonds.